The van der Waals surface area contributed by atoms with E-state index in [1.54, 1.807) is 31.4 Å². The molecule has 0 saturated carbocycles. The van der Waals surface area contributed by atoms with Gasteiger partial charge in [-0.15, -0.1) is 0 Å². The highest BCUT2D eigenvalue weighted by Crippen LogP contribution is 2.14. The number of rotatable bonds is 5. The quantitative estimate of drug-likeness (QED) is 0.850. The Hall–Kier alpha value is -2.96. The van der Waals surface area contributed by atoms with Gasteiger partial charge < -0.3 is 15.4 Å². The number of ether oxygens (including phenoxy) is 1. The van der Waals surface area contributed by atoms with Crippen molar-refractivity contribution in [3.63, 3.8) is 0 Å². The average molecular weight is 286 g/mol. The molecule has 0 unspecified atom stereocenters. The Morgan fingerprint density at radius 2 is 1.95 bits per heavy atom. The van der Waals surface area contributed by atoms with E-state index >= 15 is 0 Å². The molecule has 0 fully saturated rings. The van der Waals surface area contributed by atoms with Gasteiger partial charge in [0.05, 0.1) is 19.9 Å². The summed E-state index contributed by atoms with van der Waals surface area (Å²) < 4.78 is 5.02. The fourth-order valence-electron chi connectivity index (χ4n) is 1.55. The first kappa shape index (κ1) is 14.4. The summed E-state index contributed by atoms with van der Waals surface area (Å²) in [6.45, 7) is -0.151. The number of benzene rings is 1. The topological polar surface area (TPSA) is 93.2 Å². The SMILES string of the molecule is COc1ccc(NC(=O)CNC(=O)c2cnccn2)cc1. The molecule has 1 aromatic heterocycles. The maximum absolute atomic E-state index is 11.7. The number of amides is 2. The normalized spacial score (nSPS) is 9.76. The van der Waals surface area contributed by atoms with Crippen LogP contribution in [0.4, 0.5) is 5.69 Å². The minimum atomic E-state index is -0.451. The van der Waals surface area contributed by atoms with E-state index in [1.807, 2.05) is 0 Å². The molecule has 108 valence electrons. The summed E-state index contributed by atoms with van der Waals surface area (Å²) in [5.74, 6) is -0.0886. The number of aromatic nitrogens is 2. The molecule has 2 rings (SSSR count). The van der Waals surface area contributed by atoms with Gasteiger partial charge >= 0.3 is 0 Å². The van der Waals surface area contributed by atoms with Gasteiger partial charge in [-0.25, -0.2) is 4.98 Å². The van der Waals surface area contributed by atoms with E-state index in [4.69, 9.17) is 4.74 Å². The maximum atomic E-state index is 11.7. The van der Waals surface area contributed by atoms with E-state index in [1.165, 1.54) is 18.6 Å². The second kappa shape index (κ2) is 6.99. The van der Waals surface area contributed by atoms with Crippen LogP contribution in [0.25, 0.3) is 0 Å². The first-order valence-electron chi connectivity index (χ1n) is 6.17. The summed E-state index contributed by atoms with van der Waals surface area (Å²) in [5.41, 5.74) is 0.782. The highest BCUT2D eigenvalue weighted by molar-refractivity contribution is 5.98. The molecule has 0 spiro atoms. The summed E-state index contributed by atoms with van der Waals surface area (Å²) >= 11 is 0. The van der Waals surface area contributed by atoms with Crippen molar-refractivity contribution in [3.05, 3.63) is 48.5 Å². The van der Waals surface area contributed by atoms with Crippen LogP contribution in [0.3, 0.4) is 0 Å². The van der Waals surface area contributed by atoms with Gasteiger partial charge in [-0.2, -0.15) is 0 Å². The molecular weight excluding hydrogens is 272 g/mol. The van der Waals surface area contributed by atoms with Crippen molar-refractivity contribution in [2.24, 2.45) is 0 Å². The molecule has 0 aliphatic rings. The molecule has 1 aromatic carbocycles. The van der Waals surface area contributed by atoms with Crippen LogP contribution in [-0.4, -0.2) is 35.4 Å². The molecule has 0 aliphatic carbocycles. The molecule has 0 saturated heterocycles. The fourth-order valence-corrected chi connectivity index (χ4v) is 1.55. The molecule has 7 nitrogen and oxygen atoms in total. The average Bonchev–Trinajstić information content (AvgIpc) is 2.54. The van der Waals surface area contributed by atoms with E-state index in [0.717, 1.165) is 0 Å². The molecule has 2 N–H and O–H groups in total. The summed E-state index contributed by atoms with van der Waals surface area (Å²) in [7, 11) is 1.57. The van der Waals surface area contributed by atoms with Crippen molar-refractivity contribution in [2.45, 2.75) is 0 Å². The van der Waals surface area contributed by atoms with Crippen LogP contribution in [0.1, 0.15) is 10.5 Å². The first-order chi connectivity index (χ1) is 10.2. The molecule has 0 radical (unpaired) electrons. The Morgan fingerprint density at radius 3 is 2.57 bits per heavy atom. The van der Waals surface area contributed by atoms with Gasteiger partial charge in [0.2, 0.25) is 5.91 Å². The Labute approximate surface area is 121 Å². The van der Waals surface area contributed by atoms with Gasteiger partial charge in [-0.05, 0) is 24.3 Å². The van der Waals surface area contributed by atoms with Gasteiger partial charge in [0.15, 0.2) is 0 Å². The zero-order chi connectivity index (χ0) is 15.1. The second-order valence-electron chi connectivity index (χ2n) is 4.05. The van der Waals surface area contributed by atoms with Gasteiger partial charge in [0.25, 0.3) is 5.91 Å². The molecule has 0 bridgehead atoms. The summed E-state index contributed by atoms with van der Waals surface area (Å²) in [5, 5.41) is 5.12. The van der Waals surface area contributed by atoms with E-state index in [0.29, 0.717) is 11.4 Å². The number of hydrogen-bond donors (Lipinski definition) is 2. The molecule has 1 heterocycles. The second-order valence-corrected chi connectivity index (χ2v) is 4.05. The third kappa shape index (κ3) is 4.27. The predicted octanol–water partition coefficient (Wildman–Crippen LogP) is 0.854. The number of nitrogens with one attached hydrogen (secondary N) is 2. The van der Waals surface area contributed by atoms with Crippen LogP contribution >= 0.6 is 0 Å². The van der Waals surface area contributed by atoms with E-state index in [-0.39, 0.29) is 18.1 Å². The largest absolute Gasteiger partial charge is 0.497 e. The Bertz CT molecular complexity index is 614. The monoisotopic (exact) mass is 286 g/mol. The van der Waals surface area contributed by atoms with Gasteiger partial charge in [-0.1, -0.05) is 0 Å². The smallest absolute Gasteiger partial charge is 0.271 e. The maximum Gasteiger partial charge on any atom is 0.271 e. The third-order valence-corrected chi connectivity index (χ3v) is 2.58. The lowest BCUT2D eigenvalue weighted by molar-refractivity contribution is -0.115. The zero-order valence-electron chi connectivity index (χ0n) is 11.4. The standard InChI is InChI=1S/C14H14N4O3/c1-21-11-4-2-10(3-5-11)18-13(19)9-17-14(20)12-8-15-6-7-16-12/h2-8H,9H2,1H3,(H,17,20)(H,18,19). The van der Waals surface area contributed by atoms with Crippen LogP contribution in [-0.2, 0) is 4.79 Å². The fraction of sp³-hybridized carbons (Fsp3) is 0.143. The molecule has 7 heteroatoms. The number of carbonyl (C=O) groups is 2. The first-order valence-corrected chi connectivity index (χ1v) is 6.17. The molecule has 2 aromatic rings. The van der Waals surface area contributed by atoms with Crippen LogP contribution in [0.15, 0.2) is 42.9 Å². The number of methoxy groups -OCH3 is 1. The Balaban J connectivity index is 1.83. The van der Waals surface area contributed by atoms with Crippen LogP contribution in [0.2, 0.25) is 0 Å². The lowest BCUT2D eigenvalue weighted by atomic mass is 10.3. The van der Waals surface area contributed by atoms with Crippen molar-refractivity contribution >= 4 is 17.5 Å². The van der Waals surface area contributed by atoms with Crippen molar-refractivity contribution in [1.29, 1.82) is 0 Å². The lowest BCUT2D eigenvalue weighted by Crippen LogP contribution is -2.33. The van der Waals surface area contributed by atoms with Gasteiger partial charge in [-0.3, -0.25) is 14.6 Å². The molecular formula is C14H14N4O3. The minimum absolute atomic E-state index is 0.151. The zero-order valence-corrected chi connectivity index (χ0v) is 11.4. The van der Waals surface area contributed by atoms with Crippen LogP contribution < -0.4 is 15.4 Å². The summed E-state index contributed by atoms with van der Waals surface area (Å²) in [6.07, 6.45) is 4.20. The molecule has 2 amide bonds. The van der Waals surface area contributed by atoms with Gasteiger partial charge in [0.1, 0.15) is 11.4 Å². The molecule has 0 atom stereocenters. The van der Waals surface area contributed by atoms with Crippen LogP contribution in [0.5, 0.6) is 5.75 Å². The highest BCUT2D eigenvalue weighted by atomic mass is 16.5. The highest BCUT2D eigenvalue weighted by Gasteiger charge is 2.09. The predicted molar refractivity (Wildman–Crippen MR) is 76.0 cm³/mol. The number of nitrogens with zero attached hydrogens (tertiary/aromatic N) is 2. The molecule has 0 aliphatic heterocycles. The van der Waals surface area contributed by atoms with E-state index < -0.39 is 5.91 Å². The number of hydrogen-bond acceptors (Lipinski definition) is 5. The minimum Gasteiger partial charge on any atom is -0.497 e. The molecule has 21 heavy (non-hydrogen) atoms. The summed E-state index contributed by atoms with van der Waals surface area (Å²) in [6, 6.07) is 6.88. The van der Waals surface area contributed by atoms with E-state index in [9.17, 15) is 9.59 Å². The lowest BCUT2D eigenvalue weighted by Gasteiger charge is -2.07. The van der Waals surface area contributed by atoms with Crippen molar-refractivity contribution in [2.75, 3.05) is 19.0 Å². The van der Waals surface area contributed by atoms with E-state index in [2.05, 4.69) is 20.6 Å². The number of anilines is 1. The van der Waals surface area contributed by atoms with Crippen LogP contribution in [0, 0.1) is 0 Å². The summed E-state index contributed by atoms with van der Waals surface area (Å²) in [4.78, 5) is 31.0. The van der Waals surface area contributed by atoms with Crippen molar-refractivity contribution in [3.8, 4) is 5.75 Å². The number of carbonyl (C=O) groups excluding carboxylic acids is 2. The van der Waals surface area contributed by atoms with Crippen molar-refractivity contribution in [1.82, 2.24) is 15.3 Å². The third-order valence-electron chi connectivity index (χ3n) is 2.58. The Kier molecular flexibility index (Phi) is 4.81. The Morgan fingerprint density at radius 1 is 1.19 bits per heavy atom. The van der Waals surface area contributed by atoms with Crippen molar-refractivity contribution < 1.29 is 14.3 Å². The van der Waals surface area contributed by atoms with Gasteiger partial charge in [0, 0.05) is 18.1 Å².